The van der Waals surface area contributed by atoms with E-state index in [1.165, 1.54) is 0 Å². The lowest BCUT2D eigenvalue weighted by molar-refractivity contribution is -0.123. The van der Waals surface area contributed by atoms with E-state index in [9.17, 15) is 18.0 Å². The van der Waals surface area contributed by atoms with E-state index in [-0.39, 0.29) is 5.75 Å². The Morgan fingerprint density at radius 3 is 2.17 bits per heavy atom. The van der Waals surface area contributed by atoms with Crippen molar-refractivity contribution in [2.75, 3.05) is 6.54 Å². The monoisotopic (exact) mass is 346 g/mol. The Morgan fingerprint density at radius 1 is 1.00 bits per heavy atom. The Morgan fingerprint density at radius 2 is 1.58 bits per heavy atom. The first kappa shape index (κ1) is 17.8. The third-order valence-corrected chi connectivity index (χ3v) is 4.56. The topological polar surface area (TPSA) is 92.3 Å². The third-order valence-electron chi connectivity index (χ3n) is 3.26. The van der Waals surface area contributed by atoms with E-state index in [4.69, 9.17) is 0 Å². The summed E-state index contributed by atoms with van der Waals surface area (Å²) in [6, 6.07) is 16.6. The average Bonchev–Trinajstić information content (AvgIpc) is 2.59. The van der Waals surface area contributed by atoms with E-state index in [1.54, 1.807) is 60.7 Å². The van der Waals surface area contributed by atoms with Gasteiger partial charge in [-0.05, 0) is 11.1 Å². The van der Waals surface area contributed by atoms with Crippen LogP contribution in [0.1, 0.15) is 17.2 Å². The third kappa shape index (κ3) is 5.60. The number of carbonyl (C=O) groups is 2. The molecule has 0 saturated carbocycles. The molecule has 0 radical (unpaired) electrons. The van der Waals surface area contributed by atoms with Gasteiger partial charge in [0.15, 0.2) is 0 Å². The van der Waals surface area contributed by atoms with Gasteiger partial charge in [0.2, 0.25) is 15.9 Å². The second kappa shape index (κ2) is 8.37. The highest BCUT2D eigenvalue weighted by atomic mass is 32.2. The van der Waals surface area contributed by atoms with Crippen LogP contribution in [0.15, 0.2) is 60.7 Å². The van der Waals surface area contributed by atoms with Crippen LogP contribution in [0.2, 0.25) is 0 Å². The minimum absolute atomic E-state index is 0.211. The Kier molecular flexibility index (Phi) is 6.22. The number of aldehydes is 1. The van der Waals surface area contributed by atoms with E-state index in [1.807, 2.05) is 0 Å². The van der Waals surface area contributed by atoms with Crippen LogP contribution in [0.5, 0.6) is 0 Å². The second-order valence-electron chi connectivity index (χ2n) is 5.16. The quantitative estimate of drug-likeness (QED) is 0.702. The van der Waals surface area contributed by atoms with Crippen molar-refractivity contribution in [3.8, 4) is 0 Å². The summed E-state index contributed by atoms with van der Waals surface area (Å²) in [7, 11) is -3.64. The van der Waals surface area contributed by atoms with Gasteiger partial charge in [-0.1, -0.05) is 60.7 Å². The molecule has 2 aromatic carbocycles. The van der Waals surface area contributed by atoms with Crippen LogP contribution in [-0.2, 0) is 25.4 Å². The second-order valence-corrected chi connectivity index (χ2v) is 6.96. The van der Waals surface area contributed by atoms with Gasteiger partial charge < -0.3 is 10.1 Å². The molecule has 6 nitrogen and oxygen atoms in total. The smallest absolute Gasteiger partial charge is 0.235 e. The molecule has 1 amide bonds. The molecule has 0 spiro atoms. The number of rotatable bonds is 8. The maximum atomic E-state index is 12.0. The van der Waals surface area contributed by atoms with Crippen molar-refractivity contribution in [1.82, 2.24) is 10.0 Å². The molecule has 0 fully saturated rings. The van der Waals surface area contributed by atoms with E-state index in [0.29, 0.717) is 17.4 Å². The number of carbonyl (C=O) groups excluding carboxylic acids is 2. The maximum Gasteiger partial charge on any atom is 0.235 e. The molecular formula is C17H18N2O4S. The summed E-state index contributed by atoms with van der Waals surface area (Å²) in [6.07, 6.45) is 0.603. The van der Waals surface area contributed by atoms with Crippen molar-refractivity contribution < 1.29 is 18.0 Å². The summed E-state index contributed by atoms with van der Waals surface area (Å²) in [5, 5.41) is 2.49. The number of hydrogen-bond donors (Lipinski definition) is 2. The van der Waals surface area contributed by atoms with Gasteiger partial charge in [0, 0.05) is 0 Å². The molecule has 2 N–H and O–H groups in total. The molecule has 2 rings (SSSR count). The molecule has 1 unspecified atom stereocenters. The molecule has 0 aromatic heterocycles. The van der Waals surface area contributed by atoms with Crippen molar-refractivity contribution in [2.45, 2.75) is 11.8 Å². The van der Waals surface area contributed by atoms with Crippen LogP contribution in [0.25, 0.3) is 0 Å². The molecular weight excluding hydrogens is 328 g/mol. The first-order valence-corrected chi connectivity index (χ1v) is 8.96. The van der Waals surface area contributed by atoms with Gasteiger partial charge in [-0.3, -0.25) is 4.79 Å². The lowest BCUT2D eigenvalue weighted by Crippen LogP contribution is -2.39. The minimum Gasteiger partial charge on any atom is -0.341 e. The number of sulfonamides is 1. The number of amides is 1. The molecule has 0 saturated heterocycles. The van der Waals surface area contributed by atoms with Gasteiger partial charge >= 0.3 is 0 Å². The Balaban J connectivity index is 1.89. The molecule has 24 heavy (non-hydrogen) atoms. The molecule has 2 aromatic rings. The first-order valence-electron chi connectivity index (χ1n) is 7.31. The fourth-order valence-electron chi connectivity index (χ4n) is 2.10. The maximum absolute atomic E-state index is 12.0. The molecule has 0 bridgehead atoms. The molecule has 0 heterocycles. The van der Waals surface area contributed by atoms with E-state index in [2.05, 4.69) is 10.0 Å². The molecule has 1 atom stereocenters. The fraction of sp³-hybridized carbons (Fsp3) is 0.176. The highest BCUT2D eigenvalue weighted by Gasteiger charge is 2.16. The Hall–Kier alpha value is -2.51. The number of hydrogen-bond acceptors (Lipinski definition) is 4. The SMILES string of the molecule is O=CC(NC(=O)CNS(=O)(=O)Cc1ccccc1)c1ccccc1. The predicted molar refractivity (Wildman–Crippen MR) is 90.5 cm³/mol. The van der Waals surface area contributed by atoms with Crippen molar-refractivity contribution in [3.63, 3.8) is 0 Å². The zero-order chi connectivity index (χ0) is 17.4. The molecule has 0 aliphatic heterocycles. The van der Waals surface area contributed by atoms with Crippen LogP contribution >= 0.6 is 0 Å². The Labute approximate surface area is 140 Å². The average molecular weight is 346 g/mol. The van der Waals surface area contributed by atoms with Crippen LogP contribution < -0.4 is 10.0 Å². The van der Waals surface area contributed by atoms with Crippen molar-refractivity contribution in [3.05, 3.63) is 71.8 Å². The van der Waals surface area contributed by atoms with Gasteiger partial charge in [0.05, 0.1) is 12.3 Å². The summed E-state index contributed by atoms with van der Waals surface area (Å²) >= 11 is 0. The van der Waals surface area contributed by atoms with E-state index < -0.39 is 28.5 Å². The summed E-state index contributed by atoms with van der Waals surface area (Å²) < 4.78 is 26.2. The molecule has 7 heteroatoms. The van der Waals surface area contributed by atoms with Gasteiger partial charge in [-0.15, -0.1) is 0 Å². The van der Waals surface area contributed by atoms with E-state index in [0.717, 1.165) is 0 Å². The van der Waals surface area contributed by atoms with E-state index >= 15 is 0 Å². The normalized spacial score (nSPS) is 12.3. The van der Waals surface area contributed by atoms with Crippen molar-refractivity contribution in [2.24, 2.45) is 0 Å². The summed E-state index contributed by atoms with van der Waals surface area (Å²) in [5.41, 5.74) is 1.26. The lowest BCUT2D eigenvalue weighted by atomic mass is 10.1. The molecule has 0 aliphatic rings. The van der Waals surface area contributed by atoms with Crippen LogP contribution in [0.4, 0.5) is 0 Å². The largest absolute Gasteiger partial charge is 0.341 e. The molecule has 0 aliphatic carbocycles. The standard InChI is InChI=1S/C17H18N2O4S/c20-12-16(15-9-5-2-6-10-15)19-17(21)11-18-24(22,23)13-14-7-3-1-4-8-14/h1-10,12,16,18H,11,13H2,(H,19,21). The zero-order valence-corrected chi connectivity index (χ0v) is 13.7. The summed E-state index contributed by atoms with van der Waals surface area (Å²) in [4.78, 5) is 23.0. The highest BCUT2D eigenvalue weighted by Crippen LogP contribution is 2.09. The highest BCUT2D eigenvalue weighted by molar-refractivity contribution is 7.88. The number of benzene rings is 2. The van der Waals surface area contributed by atoms with Crippen LogP contribution in [0, 0.1) is 0 Å². The van der Waals surface area contributed by atoms with Gasteiger partial charge in [-0.25, -0.2) is 13.1 Å². The Bertz CT molecular complexity index is 777. The number of nitrogens with one attached hydrogen (secondary N) is 2. The zero-order valence-electron chi connectivity index (χ0n) is 12.9. The van der Waals surface area contributed by atoms with Crippen molar-refractivity contribution in [1.29, 1.82) is 0 Å². The fourth-order valence-corrected chi connectivity index (χ4v) is 3.19. The van der Waals surface area contributed by atoms with Gasteiger partial charge in [0.1, 0.15) is 12.3 Å². The summed E-state index contributed by atoms with van der Waals surface area (Å²) in [6.45, 7) is -0.424. The van der Waals surface area contributed by atoms with Crippen LogP contribution in [0.3, 0.4) is 0 Å². The predicted octanol–water partition coefficient (Wildman–Crippen LogP) is 1.16. The van der Waals surface area contributed by atoms with Gasteiger partial charge in [-0.2, -0.15) is 0 Å². The first-order chi connectivity index (χ1) is 11.5. The van der Waals surface area contributed by atoms with Gasteiger partial charge in [0.25, 0.3) is 0 Å². The van der Waals surface area contributed by atoms with Crippen molar-refractivity contribution >= 4 is 22.2 Å². The summed E-state index contributed by atoms with van der Waals surface area (Å²) in [5.74, 6) is -0.788. The minimum atomic E-state index is -3.64. The lowest BCUT2D eigenvalue weighted by Gasteiger charge is -2.13. The van der Waals surface area contributed by atoms with Crippen LogP contribution in [-0.4, -0.2) is 27.2 Å². The molecule has 126 valence electrons.